The van der Waals surface area contributed by atoms with E-state index in [1.54, 1.807) is 0 Å². The van der Waals surface area contributed by atoms with Crippen LogP contribution in [0.1, 0.15) is 22.9 Å². The second kappa shape index (κ2) is 8.65. The molecule has 30 heavy (non-hydrogen) atoms. The first-order chi connectivity index (χ1) is 14.6. The van der Waals surface area contributed by atoms with E-state index in [-0.39, 0.29) is 13.2 Å². The fourth-order valence-corrected chi connectivity index (χ4v) is 3.38. The summed E-state index contributed by atoms with van der Waals surface area (Å²) in [5.74, 6) is 2.59. The molecule has 0 radical (unpaired) electrons. The summed E-state index contributed by atoms with van der Waals surface area (Å²) >= 11 is 0. The lowest BCUT2D eigenvalue weighted by molar-refractivity contribution is 0.288. The van der Waals surface area contributed by atoms with Crippen molar-refractivity contribution in [3.05, 3.63) is 71.4 Å². The zero-order valence-electron chi connectivity index (χ0n) is 17.1. The Balaban J connectivity index is 1.53. The molecule has 0 aliphatic carbocycles. The van der Waals surface area contributed by atoms with Gasteiger partial charge in [-0.05, 0) is 49.2 Å². The van der Waals surface area contributed by atoms with E-state index in [2.05, 4.69) is 9.97 Å². The highest BCUT2D eigenvalue weighted by Crippen LogP contribution is 2.28. The number of hydrogen-bond acceptors (Lipinski definition) is 6. The molecular weight excluding hydrogens is 380 g/mol. The number of benzene rings is 2. The SMILES string of the molecule is Cc1nc(-c2ccc(-c3ccc(-c4nc(CCO)c(C)o4)cc3)cc2)oc1CCO. The smallest absolute Gasteiger partial charge is 0.226 e. The van der Waals surface area contributed by atoms with E-state index in [1.807, 2.05) is 62.4 Å². The number of hydrogen-bond donors (Lipinski definition) is 2. The summed E-state index contributed by atoms with van der Waals surface area (Å²) < 4.78 is 11.5. The Labute approximate surface area is 174 Å². The van der Waals surface area contributed by atoms with Gasteiger partial charge >= 0.3 is 0 Å². The lowest BCUT2D eigenvalue weighted by Crippen LogP contribution is -1.92. The van der Waals surface area contributed by atoms with Gasteiger partial charge in [0.1, 0.15) is 11.5 Å². The van der Waals surface area contributed by atoms with Crippen LogP contribution in [0.3, 0.4) is 0 Å². The predicted octanol–water partition coefficient (Wildman–Crippen LogP) is 4.35. The Bertz CT molecular complexity index is 1030. The van der Waals surface area contributed by atoms with Gasteiger partial charge in [0.2, 0.25) is 11.8 Å². The molecule has 4 aromatic rings. The van der Waals surface area contributed by atoms with Gasteiger partial charge < -0.3 is 19.0 Å². The summed E-state index contributed by atoms with van der Waals surface area (Å²) in [6.07, 6.45) is 0.958. The number of aliphatic hydroxyl groups excluding tert-OH is 2. The highest BCUT2D eigenvalue weighted by atomic mass is 16.4. The molecule has 0 unspecified atom stereocenters. The van der Waals surface area contributed by atoms with Gasteiger partial charge in [-0.15, -0.1) is 0 Å². The molecular formula is C24H24N2O4. The number of aryl methyl sites for hydroxylation is 2. The molecule has 0 bridgehead atoms. The zero-order valence-corrected chi connectivity index (χ0v) is 17.1. The Kier molecular flexibility index (Phi) is 5.79. The van der Waals surface area contributed by atoms with Crippen molar-refractivity contribution in [1.29, 1.82) is 0 Å². The quantitative estimate of drug-likeness (QED) is 0.476. The van der Waals surface area contributed by atoms with Gasteiger partial charge in [-0.2, -0.15) is 0 Å². The van der Waals surface area contributed by atoms with Crippen LogP contribution >= 0.6 is 0 Å². The van der Waals surface area contributed by atoms with Crippen LogP contribution in [0.15, 0.2) is 57.4 Å². The minimum Gasteiger partial charge on any atom is -0.441 e. The fraction of sp³-hybridized carbons (Fsp3) is 0.250. The molecule has 0 aliphatic rings. The normalized spacial score (nSPS) is 11.2. The van der Waals surface area contributed by atoms with Crippen LogP contribution in [0.4, 0.5) is 0 Å². The van der Waals surface area contributed by atoms with Gasteiger partial charge in [0.05, 0.1) is 18.0 Å². The van der Waals surface area contributed by atoms with Crippen molar-refractivity contribution in [3.8, 4) is 34.0 Å². The summed E-state index contributed by atoms with van der Waals surface area (Å²) in [7, 11) is 0. The fourth-order valence-electron chi connectivity index (χ4n) is 3.38. The van der Waals surface area contributed by atoms with Crippen LogP contribution in [-0.4, -0.2) is 33.4 Å². The van der Waals surface area contributed by atoms with Gasteiger partial charge in [0, 0.05) is 30.6 Å². The molecule has 4 rings (SSSR count). The Morgan fingerprint density at radius 3 is 1.70 bits per heavy atom. The van der Waals surface area contributed by atoms with Crippen molar-refractivity contribution in [2.24, 2.45) is 0 Å². The second-order valence-corrected chi connectivity index (χ2v) is 7.15. The van der Waals surface area contributed by atoms with E-state index in [9.17, 15) is 0 Å². The van der Waals surface area contributed by atoms with Crippen LogP contribution < -0.4 is 0 Å². The third kappa shape index (κ3) is 4.06. The monoisotopic (exact) mass is 404 g/mol. The van der Waals surface area contributed by atoms with Gasteiger partial charge in [-0.25, -0.2) is 9.97 Å². The van der Waals surface area contributed by atoms with Crippen molar-refractivity contribution in [1.82, 2.24) is 9.97 Å². The molecule has 0 fully saturated rings. The molecule has 0 amide bonds. The zero-order chi connectivity index (χ0) is 21.1. The molecule has 154 valence electrons. The molecule has 0 atom stereocenters. The largest absolute Gasteiger partial charge is 0.441 e. The highest BCUT2D eigenvalue weighted by Gasteiger charge is 2.13. The number of aliphatic hydroxyl groups is 2. The third-order valence-corrected chi connectivity index (χ3v) is 5.07. The van der Waals surface area contributed by atoms with Crippen molar-refractivity contribution < 1.29 is 19.0 Å². The van der Waals surface area contributed by atoms with E-state index in [4.69, 9.17) is 19.0 Å². The summed E-state index contributed by atoms with van der Waals surface area (Å²) in [6, 6.07) is 16.1. The van der Waals surface area contributed by atoms with Crippen LogP contribution in [0.2, 0.25) is 0 Å². The number of aromatic nitrogens is 2. The number of rotatable bonds is 7. The van der Waals surface area contributed by atoms with Gasteiger partial charge in [0.15, 0.2) is 0 Å². The van der Waals surface area contributed by atoms with E-state index >= 15 is 0 Å². The maximum atomic E-state index is 9.12. The second-order valence-electron chi connectivity index (χ2n) is 7.15. The predicted molar refractivity (Wildman–Crippen MR) is 114 cm³/mol. The summed E-state index contributed by atoms with van der Waals surface area (Å²) in [5, 5.41) is 18.2. The van der Waals surface area contributed by atoms with E-state index < -0.39 is 0 Å². The van der Waals surface area contributed by atoms with Crippen molar-refractivity contribution >= 4 is 0 Å². The molecule has 6 heteroatoms. The summed E-state index contributed by atoms with van der Waals surface area (Å²) in [6.45, 7) is 3.84. The average molecular weight is 404 g/mol. The first kappa shape index (κ1) is 20.1. The van der Waals surface area contributed by atoms with Crippen molar-refractivity contribution in [2.45, 2.75) is 26.7 Å². The van der Waals surface area contributed by atoms with E-state index in [0.29, 0.717) is 24.6 Å². The molecule has 2 aromatic heterocycles. The number of nitrogens with zero attached hydrogens (tertiary/aromatic N) is 2. The van der Waals surface area contributed by atoms with Gasteiger partial charge in [0.25, 0.3) is 0 Å². The van der Waals surface area contributed by atoms with E-state index in [0.717, 1.165) is 45.2 Å². The molecule has 2 aromatic carbocycles. The van der Waals surface area contributed by atoms with Crippen LogP contribution in [0.5, 0.6) is 0 Å². The van der Waals surface area contributed by atoms with Gasteiger partial charge in [-0.1, -0.05) is 24.3 Å². The first-order valence-corrected chi connectivity index (χ1v) is 9.94. The highest BCUT2D eigenvalue weighted by molar-refractivity contribution is 5.70. The maximum Gasteiger partial charge on any atom is 0.226 e. The third-order valence-electron chi connectivity index (χ3n) is 5.07. The van der Waals surface area contributed by atoms with Crippen molar-refractivity contribution in [3.63, 3.8) is 0 Å². The molecule has 0 saturated heterocycles. The molecule has 0 spiro atoms. The molecule has 6 nitrogen and oxygen atoms in total. The number of oxazole rings is 2. The lowest BCUT2D eigenvalue weighted by Gasteiger charge is -2.04. The lowest BCUT2D eigenvalue weighted by atomic mass is 10.0. The standard InChI is InChI=1S/C24H24N2O4/c1-15-22(12-14-28)30-23(25-15)19-7-3-17(4-8-19)18-5-9-20(10-6-18)24-26-21(11-13-27)16(2)29-24/h3-10,27-28H,11-14H2,1-2H3. The Morgan fingerprint density at radius 2 is 1.17 bits per heavy atom. The minimum absolute atomic E-state index is 0.0419. The average Bonchev–Trinajstić information content (AvgIpc) is 3.32. The maximum absolute atomic E-state index is 9.12. The first-order valence-electron chi connectivity index (χ1n) is 9.94. The van der Waals surface area contributed by atoms with E-state index in [1.165, 1.54) is 0 Å². The molecule has 0 saturated carbocycles. The van der Waals surface area contributed by atoms with Gasteiger partial charge in [-0.3, -0.25) is 0 Å². The molecule has 2 heterocycles. The minimum atomic E-state index is 0.0419. The van der Waals surface area contributed by atoms with Crippen molar-refractivity contribution in [2.75, 3.05) is 13.2 Å². The topological polar surface area (TPSA) is 92.5 Å². The van der Waals surface area contributed by atoms with Crippen LogP contribution in [0.25, 0.3) is 34.0 Å². The van der Waals surface area contributed by atoms with Crippen LogP contribution in [0, 0.1) is 13.8 Å². The Hall–Kier alpha value is -3.22. The Morgan fingerprint density at radius 1 is 0.667 bits per heavy atom. The van der Waals surface area contributed by atoms with Crippen LogP contribution in [-0.2, 0) is 12.8 Å². The molecule has 2 N–H and O–H groups in total. The summed E-state index contributed by atoms with van der Waals surface area (Å²) in [5.41, 5.74) is 5.55. The summed E-state index contributed by atoms with van der Waals surface area (Å²) in [4.78, 5) is 8.94. The molecule has 0 aliphatic heterocycles.